The zero-order valence-corrected chi connectivity index (χ0v) is 14.1. The molecule has 0 aliphatic heterocycles. The first-order valence-electron chi connectivity index (χ1n) is 7.30. The Labute approximate surface area is 137 Å². The SMILES string of the molecule is COc1ccc(NS(=O)(=O)CCCc2ccccc2)cc1OC. The third kappa shape index (κ3) is 5.17. The number of hydrogen-bond acceptors (Lipinski definition) is 4. The van der Waals surface area contributed by atoms with Gasteiger partial charge in [0, 0.05) is 6.07 Å². The average Bonchev–Trinajstić information content (AvgIpc) is 2.55. The monoisotopic (exact) mass is 335 g/mol. The zero-order valence-electron chi connectivity index (χ0n) is 13.3. The van der Waals surface area contributed by atoms with Crippen LogP contribution >= 0.6 is 0 Å². The molecule has 5 nitrogen and oxygen atoms in total. The van der Waals surface area contributed by atoms with E-state index in [0.29, 0.717) is 23.6 Å². The molecule has 2 aromatic carbocycles. The lowest BCUT2D eigenvalue weighted by atomic mass is 10.1. The van der Waals surface area contributed by atoms with Gasteiger partial charge in [0.15, 0.2) is 11.5 Å². The zero-order chi connectivity index (χ0) is 16.7. The summed E-state index contributed by atoms with van der Waals surface area (Å²) in [6.07, 6.45) is 1.29. The molecule has 0 spiro atoms. The third-order valence-corrected chi connectivity index (χ3v) is 4.75. The van der Waals surface area contributed by atoms with Crippen LogP contribution in [0, 0.1) is 0 Å². The minimum absolute atomic E-state index is 0.0657. The maximum Gasteiger partial charge on any atom is 0.232 e. The summed E-state index contributed by atoms with van der Waals surface area (Å²) >= 11 is 0. The summed E-state index contributed by atoms with van der Waals surface area (Å²) in [4.78, 5) is 0. The molecule has 2 rings (SSSR count). The molecule has 1 N–H and O–H groups in total. The van der Waals surface area contributed by atoms with Crippen molar-refractivity contribution >= 4 is 15.7 Å². The largest absolute Gasteiger partial charge is 0.493 e. The second-order valence-electron chi connectivity index (χ2n) is 5.08. The fraction of sp³-hybridized carbons (Fsp3) is 0.294. The number of methoxy groups -OCH3 is 2. The molecule has 0 unspecified atom stereocenters. The maximum atomic E-state index is 12.2. The molecular formula is C17H21NO4S. The lowest BCUT2D eigenvalue weighted by Crippen LogP contribution is -2.17. The highest BCUT2D eigenvalue weighted by molar-refractivity contribution is 7.92. The Bertz CT molecular complexity index is 730. The molecule has 0 amide bonds. The van der Waals surface area contributed by atoms with Crippen LogP contribution in [0.5, 0.6) is 11.5 Å². The first-order valence-corrected chi connectivity index (χ1v) is 8.96. The molecular weight excluding hydrogens is 314 g/mol. The van der Waals surface area contributed by atoms with Crippen LogP contribution in [0.4, 0.5) is 5.69 Å². The van der Waals surface area contributed by atoms with Crippen LogP contribution in [0.1, 0.15) is 12.0 Å². The maximum absolute atomic E-state index is 12.2. The van der Waals surface area contributed by atoms with Crippen LogP contribution in [0.2, 0.25) is 0 Å². The lowest BCUT2D eigenvalue weighted by Gasteiger charge is -2.11. The third-order valence-electron chi connectivity index (χ3n) is 3.38. The Hall–Kier alpha value is -2.21. The number of aryl methyl sites for hydroxylation is 1. The van der Waals surface area contributed by atoms with E-state index in [4.69, 9.17) is 9.47 Å². The van der Waals surface area contributed by atoms with Crippen molar-refractivity contribution in [3.05, 3.63) is 54.1 Å². The smallest absolute Gasteiger partial charge is 0.232 e. The number of rotatable bonds is 8. The summed E-state index contributed by atoms with van der Waals surface area (Å²) in [5, 5.41) is 0. The Morgan fingerprint density at radius 3 is 2.30 bits per heavy atom. The Morgan fingerprint density at radius 1 is 0.957 bits per heavy atom. The minimum atomic E-state index is -3.40. The van der Waals surface area contributed by atoms with E-state index in [2.05, 4.69) is 4.72 Å². The topological polar surface area (TPSA) is 64.6 Å². The molecule has 0 saturated carbocycles. The first kappa shape index (κ1) is 17.1. The molecule has 0 heterocycles. The van der Waals surface area contributed by atoms with Gasteiger partial charge in [-0.3, -0.25) is 4.72 Å². The summed E-state index contributed by atoms with van der Waals surface area (Å²) in [5.74, 6) is 1.10. The summed E-state index contributed by atoms with van der Waals surface area (Å²) in [6, 6.07) is 14.8. The number of anilines is 1. The number of benzene rings is 2. The average molecular weight is 335 g/mol. The molecule has 0 radical (unpaired) electrons. The van der Waals surface area contributed by atoms with Crippen molar-refractivity contribution < 1.29 is 17.9 Å². The molecule has 23 heavy (non-hydrogen) atoms. The van der Waals surface area contributed by atoms with Crippen molar-refractivity contribution in [2.45, 2.75) is 12.8 Å². The van der Waals surface area contributed by atoms with Crippen molar-refractivity contribution in [2.75, 3.05) is 24.7 Å². The van der Waals surface area contributed by atoms with Crippen molar-refractivity contribution in [2.24, 2.45) is 0 Å². The highest BCUT2D eigenvalue weighted by Crippen LogP contribution is 2.30. The Balaban J connectivity index is 1.95. The van der Waals surface area contributed by atoms with Gasteiger partial charge in [0.25, 0.3) is 0 Å². The normalized spacial score (nSPS) is 11.0. The Kier molecular flexibility index (Phi) is 5.87. The lowest BCUT2D eigenvalue weighted by molar-refractivity contribution is 0.355. The van der Waals surface area contributed by atoms with E-state index >= 15 is 0 Å². The number of sulfonamides is 1. The van der Waals surface area contributed by atoms with Crippen molar-refractivity contribution in [1.29, 1.82) is 0 Å². The number of ether oxygens (including phenoxy) is 2. The fourth-order valence-corrected chi connectivity index (χ4v) is 3.35. The fourth-order valence-electron chi connectivity index (χ4n) is 2.24. The Morgan fingerprint density at radius 2 is 1.65 bits per heavy atom. The summed E-state index contributed by atoms with van der Waals surface area (Å²) in [6.45, 7) is 0. The van der Waals surface area contributed by atoms with Gasteiger partial charge in [0.1, 0.15) is 0 Å². The van der Waals surface area contributed by atoms with E-state index in [1.54, 1.807) is 18.2 Å². The van der Waals surface area contributed by atoms with Gasteiger partial charge >= 0.3 is 0 Å². The second kappa shape index (κ2) is 7.87. The summed E-state index contributed by atoms with van der Waals surface area (Å²) < 4.78 is 37.2. The predicted octanol–water partition coefficient (Wildman–Crippen LogP) is 3.08. The highest BCUT2D eigenvalue weighted by Gasteiger charge is 2.12. The standard InChI is InChI=1S/C17H21NO4S/c1-21-16-11-10-15(13-17(16)22-2)18-23(19,20)12-6-9-14-7-4-3-5-8-14/h3-5,7-8,10-11,13,18H,6,9,12H2,1-2H3. The molecule has 0 aliphatic rings. The minimum Gasteiger partial charge on any atom is -0.493 e. The molecule has 0 aliphatic carbocycles. The van der Waals surface area contributed by atoms with E-state index in [-0.39, 0.29) is 5.75 Å². The molecule has 2 aromatic rings. The van der Waals surface area contributed by atoms with Crippen LogP contribution < -0.4 is 14.2 Å². The van der Waals surface area contributed by atoms with Gasteiger partial charge in [0.05, 0.1) is 25.7 Å². The van der Waals surface area contributed by atoms with E-state index in [1.807, 2.05) is 30.3 Å². The predicted molar refractivity (Wildman–Crippen MR) is 91.7 cm³/mol. The quantitative estimate of drug-likeness (QED) is 0.805. The summed E-state index contributed by atoms with van der Waals surface area (Å²) in [5.41, 5.74) is 1.59. The summed E-state index contributed by atoms with van der Waals surface area (Å²) in [7, 11) is -0.353. The number of nitrogens with one attached hydrogen (secondary N) is 1. The molecule has 0 fully saturated rings. The van der Waals surface area contributed by atoms with E-state index in [0.717, 1.165) is 12.0 Å². The molecule has 0 atom stereocenters. The van der Waals surface area contributed by atoms with Crippen molar-refractivity contribution in [3.63, 3.8) is 0 Å². The van der Waals surface area contributed by atoms with Crippen LogP contribution in [-0.2, 0) is 16.4 Å². The van der Waals surface area contributed by atoms with E-state index in [1.165, 1.54) is 14.2 Å². The van der Waals surface area contributed by atoms with Crippen molar-refractivity contribution in [3.8, 4) is 11.5 Å². The van der Waals surface area contributed by atoms with Gasteiger partial charge in [-0.05, 0) is 30.5 Å². The molecule has 0 saturated heterocycles. The molecule has 0 bridgehead atoms. The van der Waals surface area contributed by atoms with Crippen molar-refractivity contribution in [1.82, 2.24) is 0 Å². The van der Waals surface area contributed by atoms with Crippen LogP contribution in [0.25, 0.3) is 0 Å². The molecule has 124 valence electrons. The van der Waals surface area contributed by atoms with Crippen LogP contribution in [0.3, 0.4) is 0 Å². The first-order chi connectivity index (χ1) is 11.0. The van der Waals surface area contributed by atoms with Gasteiger partial charge in [-0.1, -0.05) is 30.3 Å². The highest BCUT2D eigenvalue weighted by atomic mass is 32.2. The molecule has 0 aromatic heterocycles. The number of hydrogen-bond donors (Lipinski definition) is 1. The van der Waals surface area contributed by atoms with E-state index < -0.39 is 10.0 Å². The van der Waals surface area contributed by atoms with Gasteiger partial charge in [-0.2, -0.15) is 0 Å². The van der Waals surface area contributed by atoms with Gasteiger partial charge in [-0.25, -0.2) is 8.42 Å². The van der Waals surface area contributed by atoms with Crippen LogP contribution in [-0.4, -0.2) is 28.4 Å². The van der Waals surface area contributed by atoms with Gasteiger partial charge in [-0.15, -0.1) is 0 Å². The van der Waals surface area contributed by atoms with Crippen LogP contribution in [0.15, 0.2) is 48.5 Å². The van der Waals surface area contributed by atoms with Gasteiger partial charge < -0.3 is 9.47 Å². The molecule has 6 heteroatoms. The van der Waals surface area contributed by atoms with E-state index in [9.17, 15) is 8.42 Å². The van der Waals surface area contributed by atoms with Gasteiger partial charge in [0.2, 0.25) is 10.0 Å². The second-order valence-corrected chi connectivity index (χ2v) is 6.92.